The van der Waals surface area contributed by atoms with E-state index in [2.05, 4.69) is 49.0 Å². The summed E-state index contributed by atoms with van der Waals surface area (Å²) in [7, 11) is 0. The van der Waals surface area contributed by atoms with Crippen molar-refractivity contribution in [1.29, 1.82) is 0 Å². The standard InChI is InChI=1S/C25H16BrIN2O3/c26-22-13-16(15-28-29-24(30)18-7-3-8-19(27)14-18)11-12-23(22)32-25(31)21-10-4-6-17-5-1-2-9-20(17)21/h1-15H,(H,29,30)/b28-15-. The minimum Gasteiger partial charge on any atom is -0.422 e. The Morgan fingerprint density at radius 3 is 2.53 bits per heavy atom. The van der Waals surface area contributed by atoms with E-state index in [-0.39, 0.29) is 5.91 Å². The SMILES string of the molecule is O=C(N/N=C\c1ccc(OC(=O)c2cccc3ccccc23)c(Br)c1)c1cccc(I)c1. The van der Waals surface area contributed by atoms with Gasteiger partial charge in [-0.15, -0.1) is 0 Å². The molecule has 4 aromatic rings. The number of rotatable bonds is 5. The fourth-order valence-electron chi connectivity index (χ4n) is 3.10. The van der Waals surface area contributed by atoms with Crippen molar-refractivity contribution in [1.82, 2.24) is 5.43 Å². The van der Waals surface area contributed by atoms with E-state index in [4.69, 9.17) is 4.74 Å². The van der Waals surface area contributed by atoms with E-state index in [1.807, 2.05) is 48.5 Å². The molecule has 5 nitrogen and oxygen atoms in total. The molecule has 0 atom stereocenters. The predicted octanol–water partition coefficient (Wildman–Crippen LogP) is 6.19. The van der Waals surface area contributed by atoms with Crippen LogP contribution in [0.15, 0.2) is 94.5 Å². The third-order valence-electron chi connectivity index (χ3n) is 4.63. The molecule has 0 fully saturated rings. The number of halogens is 2. The van der Waals surface area contributed by atoms with E-state index in [0.29, 0.717) is 21.3 Å². The van der Waals surface area contributed by atoms with Crippen LogP contribution in [-0.2, 0) is 0 Å². The molecular weight excluding hydrogens is 583 g/mol. The van der Waals surface area contributed by atoms with Crippen molar-refractivity contribution < 1.29 is 14.3 Å². The summed E-state index contributed by atoms with van der Waals surface area (Å²) in [6.45, 7) is 0. The largest absolute Gasteiger partial charge is 0.422 e. The summed E-state index contributed by atoms with van der Waals surface area (Å²) >= 11 is 5.59. The van der Waals surface area contributed by atoms with Gasteiger partial charge < -0.3 is 4.74 Å². The Balaban J connectivity index is 1.44. The van der Waals surface area contributed by atoms with Gasteiger partial charge in [-0.05, 0) is 97.3 Å². The summed E-state index contributed by atoms with van der Waals surface area (Å²) in [5.74, 6) is -0.337. The van der Waals surface area contributed by atoms with Crippen LogP contribution < -0.4 is 10.2 Å². The van der Waals surface area contributed by atoms with Crippen LogP contribution in [0.25, 0.3) is 10.8 Å². The van der Waals surface area contributed by atoms with E-state index >= 15 is 0 Å². The molecule has 0 saturated carbocycles. The molecular formula is C25H16BrIN2O3. The number of carbonyl (C=O) groups excluding carboxylic acids is 2. The number of benzene rings is 4. The zero-order valence-electron chi connectivity index (χ0n) is 16.6. The molecule has 0 unspecified atom stereocenters. The first kappa shape index (κ1) is 22.2. The highest BCUT2D eigenvalue weighted by molar-refractivity contribution is 14.1. The van der Waals surface area contributed by atoms with Crippen molar-refractivity contribution in [3.63, 3.8) is 0 Å². The molecule has 7 heteroatoms. The van der Waals surface area contributed by atoms with Crippen LogP contribution in [0.1, 0.15) is 26.3 Å². The van der Waals surface area contributed by atoms with E-state index < -0.39 is 5.97 Å². The predicted molar refractivity (Wildman–Crippen MR) is 137 cm³/mol. The van der Waals surface area contributed by atoms with Crippen molar-refractivity contribution in [2.45, 2.75) is 0 Å². The smallest absolute Gasteiger partial charge is 0.344 e. The molecule has 32 heavy (non-hydrogen) atoms. The van der Waals surface area contributed by atoms with Gasteiger partial charge in [0.05, 0.1) is 16.3 Å². The zero-order chi connectivity index (χ0) is 22.5. The molecule has 0 aliphatic heterocycles. The second kappa shape index (κ2) is 10.1. The molecule has 158 valence electrons. The van der Waals surface area contributed by atoms with Gasteiger partial charge in [0.1, 0.15) is 5.75 Å². The molecule has 1 N–H and O–H groups in total. The highest BCUT2D eigenvalue weighted by Crippen LogP contribution is 2.27. The van der Waals surface area contributed by atoms with Crippen molar-refractivity contribution in [2.24, 2.45) is 5.10 Å². The van der Waals surface area contributed by atoms with Gasteiger partial charge in [-0.2, -0.15) is 5.10 Å². The van der Waals surface area contributed by atoms with Gasteiger partial charge >= 0.3 is 5.97 Å². The van der Waals surface area contributed by atoms with Gasteiger partial charge in [0, 0.05) is 9.13 Å². The minimum atomic E-state index is -0.436. The monoisotopic (exact) mass is 598 g/mol. The number of ether oxygens (including phenoxy) is 1. The van der Waals surface area contributed by atoms with Gasteiger partial charge in [0.15, 0.2) is 0 Å². The first-order valence-corrected chi connectivity index (χ1v) is 11.5. The zero-order valence-corrected chi connectivity index (χ0v) is 20.3. The van der Waals surface area contributed by atoms with Crippen molar-refractivity contribution in [2.75, 3.05) is 0 Å². The quantitative estimate of drug-likeness (QED) is 0.0979. The van der Waals surface area contributed by atoms with Crippen LogP contribution in [0, 0.1) is 3.57 Å². The average Bonchev–Trinajstić information content (AvgIpc) is 2.80. The molecule has 0 radical (unpaired) electrons. The van der Waals surface area contributed by atoms with E-state index in [0.717, 1.165) is 19.9 Å². The normalized spacial score (nSPS) is 10.9. The number of amides is 1. The maximum absolute atomic E-state index is 12.8. The maximum atomic E-state index is 12.8. The van der Waals surface area contributed by atoms with Crippen molar-refractivity contribution in [3.8, 4) is 5.75 Å². The van der Waals surface area contributed by atoms with Gasteiger partial charge in [-0.25, -0.2) is 10.2 Å². The molecule has 0 aliphatic rings. The van der Waals surface area contributed by atoms with Crippen LogP contribution in [0.2, 0.25) is 0 Å². The molecule has 0 spiro atoms. The first-order chi connectivity index (χ1) is 15.5. The number of nitrogens with zero attached hydrogens (tertiary/aromatic N) is 1. The van der Waals surface area contributed by atoms with E-state index in [9.17, 15) is 9.59 Å². The number of hydrazone groups is 1. The van der Waals surface area contributed by atoms with Crippen LogP contribution >= 0.6 is 38.5 Å². The molecule has 1 amide bonds. The van der Waals surface area contributed by atoms with Crippen LogP contribution in [-0.4, -0.2) is 18.1 Å². The summed E-state index contributed by atoms with van der Waals surface area (Å²) in [4.78, 5) is 24.9. The Kier molecular flexibility index (Phi) is 6.96. The number of nitrogens with one attached hydrogen (secondary N) is 1. The second-order valence-corrected chi connectivity index (χ2v) is 8.92. The van der Waals surface area contributed by atoms with Gasteiger partial charge in [0.2, 0.25) is 0 Å². The average molecular weight is 599 g/mol. The lowest BCUT2D eigenvalue weighted by atomic mass is 10.0. The Labute approximate surface area is 206 Å². The summed E-state index contributed by atoms with van der Waals surface area (Å²) in [6.07, 6.45) is 1.52. The Morgan fingerprint density at radius 2 is 1.72 bits per heavy atom. The van der Waals surface area contributed by atoms with Gasteiger partial charge in [0.25, 0.3) is 5.91 Å². The van der Waals surface area contributed by atoms with Crippen LogP contribution in [0.3, 0.4) is 0 Å². The second-order valence-electron chi connectivity index (χ2n) is 6.82. The number of hydrogen-bond acceptors (Lipinski definition) is 4. The highest BCUT2D eigenvalue weighted by atomic mass is 127. The lowest BCUT2D eigenvalue weighted by Crippen LogP contribution is -2.17. The molecule has 0 aliphatic carbocycles. The molecule has 4 aromatic carbocycles. The fourth-order valence-corrected chi connectivity index (χ4v) is 4.12. The number of carbonyl (C=O) groups is 2. The Bertz CT molecular complexity index is 1350. The molecule has 0 saturated heterocycles. The van der Waals surface area contributed by atoms with Gasteiger partial charge in [-0.3, -0.25) is 4.79 Å². The van der Waals surface area contributed by atoms with E-state index in [1.165, 1.54) is 6.21 Å². The highest BCUT2D eigenvalue weighted by Gasteiger charge is 2.14. The number of hydrogen-bond donors (Lipinski definition) is 1. The summed E-state index contributed by atoms with van der Waals surface area (Å²) in [6, 6.07) is 25.6. The number of fused-ring (bicyclic) bond motifs is 1. The third kappa shape index (κ3) is 5.23. The van der Waals surface area contributed by atoms with Crippen molar-refractivity contribution >= 4 is 67.4 Å². The summed E-state index contributed by atoms with van der Waals surface area (Å²) in [5.41, 5.74) is 4.26. The fraction of sp³-hybridized carbons (Fsp3) is 0. The lowest BCUT2D eigenvalue weighted by molar-refractivity contribution is 0.0735. The summed E-state index contributed by atoms with van der Waals surface area (Å²) < 4.78 is 7.17. The third-order valence-corrected chi connectivity index (χ3v) is 5.93. The molecule has 0 aromatic heterocycles. The van der Waals surface area contributed by atoms with Gasteiger partial charge in [-0.1, -0.05) is 42.5 Å². The molecule has 0 heterocycles. The first-order valence-electron chi connectivity index (χ1n) is 9.60. The minimum absolute atomic E-state index is 0.292. The lowest BCUT2D eigenvalue weighted by Gasteiger charge is -2.09. The van der Waals surface area contributed by atoms with Crippen LogP contribution in [0.5, 0.6) is 5.75 Å². The Morgan fingerprint density at radius 1 is 0.938 bits per heavy atom. The van der Waals surface area contributed by atoms with E-state index in [1.54, 1.807) is 36.4 Å². The topological polar surface area (TPSA) is 67.8 Å². The molecule has 4 rings (SSSR count). The summed E-state index contributed by atoms with van der Waals surface area (Å²) in [5, 5.41) is 5.81. The van der Waals surface area contributed by atoms with Crippen molar-refractivity contribution in [3.05, 3.63) is 110 Å². The molecule has 0 bridgehead atoms. The number of esters is 1. The van der Waals surface area contributed by atoms with Crippen LogP contribution in [0.4, 0.5) is 0 Å². The maximum Gasteiger partial charge on any atom is 0.344 e. The Hall–Kier alpha value is -3.04.